The lowest BCUT2D eigenvalue weighted by atomic mass is 10.1. The maximum Gasteiger partial charge on any atom is 0.257 e. The molecule has 0 spiro atoms. The van der Waals surface area contributed by atoms with Crippen LogP contribution < -0.4 is 10.0 Å². The van der Waals surface area contributed by atoms with E-state index in [-0.39, 0.29) is 10.8 Å². The third-order valence-corrected chi connectivity index (χ3v) is 5.32. The number of aromatic nitrogens is 1. The molecular weight excluding hydrogens is 350 g/mol. The summed E-state index contributed by atoms with van der Waals surface area (Å²) in [5.41, 5.74) is 1.59. The molecule has 1 heterocycles. The summed E-state index contributed by atoms with van der Waals surface area (Å²) in [6, 6.07) is 15.2. The fourth-order valence-corrected chi connectivity index (χ4v) is 3.66. The second-order valence-electron chi connectivity index (χ2n) is 5.76. The van der Waals surface area contributed by atoms with Gasteiger partial charge in [-0.05, 0) is 42.8 Å². The van der Waals surface area contributed by atoms with Crippen molar-refractivity contribution in [2.24, 2.45) is 0 Å². The molecule has 134 valence electrons. The van der Waals surface area contributed by atoms with Crippen molar-refractivity contribution in [2.45, 2.75) is 18.2 Å². The van der Waals surface area contributed by atoms with Gasteiger partial charge in [0.2, 0.25) is 10.0 Å². The Morgan fingerprint density at radius 1 is 1.04 bits per heavy atom. The molecule has 1 amide bonds. The van der Waals surface area contributed by atoms with Crippen LogP contribution in [0, 0.1) is 0 Å². The summed E-state index contributed by atoms with van der Waals surface area (Å²) in [6.07, 6.45) is 2.36. The minimum Gasteiger partial charge on any atom is -0.322 e. The number of nitrogens with one attached hydrogen (secondary N) is 2. The molecule has 0 saturated heterocycles. The monoisotopic (exact) mass is 369 g/mol. The maximum absolute atomic E-state index is 12.6. The standard InChI is InChI=1S/C19H19N3O3S/c1-2-12-21-26(24,25)16-10-8-15(9-11-16)22-19(23)17-7-3-5-14-6-4-13-20-18(14)17/h3-11,13,21H,2,12H2,1H3,(H,22,23). The Bertz CT molecular complexity index is 1030. The zero-order valence-corrected chi connectivity index (χ0v) is 15.1. The van der Waals surface area contributed by atoms with E-state index in [0.717, 1.165) is 5.39 Å². The quantitative estimate of drug-likeness (QED) is 0.698. The van der Waals surface area contributed by atoms with Gasteiger partial charge in [0.05, 0.1) is 16.0 Å². The van der Waals surface area contributed by atoms with E-state index in [2.05, 4.69) is 15.0 Å². The summed E-state index contributed by atoms with van der Waals surface area (Å²) in [4.78, 5) is 17.0. The number of pyridine rings is 1. The molecule has 2 aromatic carbocycles. The van der Waals surface area contributed by atoms with E-state index < -0.39 is 10.0 Å². The van der Waals surface area contributed by atoms with Crippen molar-refractivity contribution in [3.63, 3.8) is 0 Å². The summed E-state index contributed by atoms with van der Waals surface area (Å²) in [6.45, 7) is 2.28. The van der Waals surface area contributed by atoms with Crippen molar-refractivity contribution in [3.8, 4) is 0 Å². The Balaban J connectivity index is 1.80. The van der Waals surface area contributed by atoms with Crippen LogP contribution in [0.1, 0.15) is 23.7 Å². The van der Waals surface area contributed by atoms with Gasteiger partial charge < -0.3 is 5.32 Å². The Labute approximate surface area is 152 Å². The Hall–Kier alpha value is -2.77. The number of para-hydroxylation sites is 1. The molecule has 0 aliphatic heterocycles. The van der Waals surface area contributed by atoms with Gasteiger partial charge in [-0.25, -0.2) is 13.1 Å². The molecule has 0 aliphatic carbocycles. The fraction of sp³-hybridized carbons (Fsp3) is 0.158. The molecule has 1 aromatic heterocycles. The van der Waals surface area contributed by atoms with Gasteiger partial charge in [0, 0.05) is 23.8 Å². The van der Waals surface area contributed by atoms with Gasteiger partial charge in [0.15, 0.2) is 0 Å². The molecule has 0 radical (unpaired) electrons. The van der Waals surface area contributed by atoms with Crippen LogP contribution in [0.4, 0.5) is 5.69 Å². The highest BCUT2D eigenvalue weighted by Gasteiger charge is 2.14. The molecule has 6 nitrogen and oxygen atoms in total. The Morgan fingerprint density at radius 2 is 1.77 bits per heavy atom. The molecule has 0 bridgehead atoms. The SMILES string of the molecule is CCCNS(=O)(=O)c1ccc(NC(=O)c2cccc3cccnc23)cc1. The van der Waals surface area contributed by atoms with Gasteiger partial charge >= 0.3 is 0 Å². The van der Waals surface area contributed by atoms with E-state index in [1.165, 1.54) is 12.1 Å². The number of hydrogen-bond donors (Lipinski definition) is 2. The normalized spacial score (nSPS) is 11.4. The zero-order chi connectivity index (χ0) is 18.6. The van der Waals surface area contributed by atoms with Crippen molar-refractivity contribution in [1.82, 2.24) is 9.71 Å². The molecule has 3 aromatic rings. The van der Waals surface area contributed by atoms with Gasteiger partial charge in [-0.15, -0.1) is 0 Å². The summed E-state index contributed by atoms with van der Waals surface area (Å²) in [7, 11) is -3.52. The van der Waals surface area contributed by atoms with E-state index >= 15 is 0 Å². The number of benzene rings is 2. The van der Waals surface area contributed by atoms with Crippen molar-refractivity contribution in [2.75, 3.05) is 11.9 Å². The van der Waals surface area contributed by atoms with Crippen LogP contribution in [-0.2, 0) is 10.0 Å². The van der Waals surface area contributed by atoms with Crippen LogP contribution in [0.25, 0.3) is 10.9 Å². The number of carbonyl (C=O) groups is 1. The minimum atomic E-state index is -3.52. The predicted octanol–water partition coefficient (Wildman–Crippen LogP) is 3.18. The molecule has 0 atom stereocenters. The number of fused-ring (bicyclic) bond motifs is 1. The van der Waals surface area contributed by atoms with Gasteiger partial charge in [0.1, 0.15) is 0 Å². The highest BCUT2D eigenvalue weighted by atomic mass is 32.2. The molecule has 0 unspecified atom stereocenters. The molecule has 26 heavy (non-hydrogen) atoms. The third-order valence-electron chi connectivity index (χ3n) is 3.84. The van der Waals surface area contributed by atoms with Crippen LogP contribution in [0.2, 0.25) is 0 Å². The number of nitrogens with zero attached hydrogens (tertiary/aromatic N) is 1. The number of rotatable bonds is 6. The van der Waals surface area contributed by atoms with Crippen molar-refractivity contribution < 1.29 is 13.2 Å². The van der Waals surface area contributed by atoms with Crippen LogP contribution >= 0.6 is 0 Å². The van der Waals surface area contributed by atoms with E-state index in [0.29, 0.717) is 29.7 Å². The third kappa shape index (κ3) is 3.89. The highest BCUT2D eigenvalue weighted by molar-refractivity contribution is 7.89. The number of anilines is 1. The first-order valence-corrected chi connectivity index (χ1v) is 9.74. The van der Waals surface area contributed by atoms with Crippen molar-refractivity contribution in [1.29, 1.82) is 0 Å². The van der Waals surface area contributed by atoms with Crippen molar-refractivity contribution in [3.05, 3.63) is 66.4 Å². The molecule has 0 saturated carbocycles. The van der Waals surface area contributed by atoms with Crippen molar-refractivity contribution >= 4 is 32.5 Å². The van der Waals surface area contributed by atoms with E-state index in [9.17, 15) is 13.2 Å². The van der Waals surface area contributed by atoms with Gasteiger partial charge in [-0.1, -0.05) is 25.1 Å². The summed E-state index contributed by atoms with van der Waals surface area (Å²) in [5.74, 6) is -0.297. The first kappa shape index (κ1) is 18.0. The molecule has 0 fully saturated rings. The van der Waals surface area contributed by atoms with E-state index in [1.54, 1.807) is 30.5 Å². The zero-order valence-electron chi connectivity index (χ0n) is 14.3. The average molecular weight is 369 g/mol. The molecular formula is C19H19N3O3S. The predicted molar refractivity (Wildman–Crippen MR) is 102 cm³/mol. The summed E-state index contributed by atoms with van der Waals surface area (Å²) in [5, 5.41) is 3.66. The highest BCUT2D eigenvalue weighted by Crippen LogP contribution is 2.19. The van der Waals surface area contributed by atoms with Gasteiger partial charge in [-0.2, -0.15) is 0 Å². The smallest absolute Gasteiger partial charge is 0.257 e. The fourth-order valence-electron chi connectivity index (χ4n) is 2.52. The molecule has 2 N–H and O–H groups in total. The van der Waals surface area contributed by atoms with Crippen LogP contribution in [0.5, 0.6) is 0 Å². The van der Waals surface area contributed by atoms with Gasteiger partial charge in [0.25, 0.3) is 5.91 Å². The number of hydrogen-bond acceptors (Lipinski definition) is 4. The van der Waals surface area contributed by atoms with E-state index in [4.69, 9.17) is 0 Å². The average Bonchev–Trinajstić information content (AvgIpc) is 2.66. The second kappa shape index (κ2) is 7.63. The largest absolute Gasteiger partial charge is 0.322 e. The van der Waals surface area contributed by atoms with Crippen LogP contribution in [0.3, 0.4) is 0 Å². The number of amides is 1. The lowest BCUT2D eigenvalue weighted by Gasteiger charge is -2.09. The van der Waals surface area contributed by atoms with Crippen LogP contribution in [0.15, 0.2) is 65.7 Å². The molecule has 3 rings (SSSR count). The summed E-state index contributed by atoms with van der Waals surface area (Å²) >= 11 is 0. The lowest BCUT2D eigenvalue weighted by molar-refractivity contribution is 0.102. The van der Waals surface area contributed by atoms with Gasteiger partial charge in [-0.3, -0.25) is 9.78 Å². The lowest BCUT2D eigenvalue weighted by Crippen LogP contribution is -2.24. The Morgan fingerprint density at radius 3 is 2.50 bits per heavy atom. The molecule has 7 heteroatoms. The van der Waals surface area contributed by atoms with Crippen LogP contribution in [-0.4, -0.2) is 25.9 Å². The molecule has 0 aliphatic rings. The number of carbonyl (C=O) groups excluding carboxylic acids is 1. The topological polar surface area (TPSA) is 88.2 Å². The first-order chi connectivity index (χ1) is 12.5. The Kier molecular flexibility index (Phi) is 5.29. The summed E-state index contributed by atoms with van der Waals surface area (Å²) < 4.78 is 26.7. The minimum absolute atomic E-state index is 0.163. The maximum atomic E-state index is 12.6. The first-order valence-electron chi connectivity index (χ1n) is 8.26. The second-order valence-corrected chi connectivity index (χ2v) is 7.52. The number of sulfonamides is 1. The van der Waals surface area contributed by atoms with E-state index in [1.807, 2.05) is 25.1 Å².